The van der Waals surface area contributed by atoms with E-state index in [1.54, 1.807) is 45.0 Å². The Labute approximate surface area is 133 Å². The largest absolute Gasteiger partial charge is 0.383 e. The van der Waals surface area contributed by atoms with Crippen LogP contribution in [0.5, 0.6) is 0 Å². The lowest BCUT2D eigenvalue weighted by Gasteiger charge is -2.22. The van der Waals surface area contributed by atoms with Gasteiger partial charge in [-0.25, -0.2) is 0 Å². The Morgan fingerprint density at radius 1 is 1.50 bits per heavy atom. The van der Waals surface area contributed by atoms with E-state index < -0.39 is 5.60 Å². The highest BCUT2D eigenvalue weighted by Gasteiger charge is 2.26. The molecule has 1 amide bonds. The lowest BCUT2D eigenvalue weighted by Crippen LogP contribution is -2.39. The molecule has 0 aliphatic carbocycles. The van der Waals surface area contributed by atoms with E-state index in [0.717, 1.165) is 5.69 Å². The molecule has 2 rings (SSSR count). The molecule has 2 N–H and O–H groups in total. The van der Waals surface area contributed by atoms with Gasteiger partial charge in [-0.05, 0) is 13.8 Å². The van der Waals surface area contributed by atoms with Crippen molar-refractivity contribution in [2.45, 2.75) is 25.9 Å². The van der Waals surface area contributed by atoms with Crippen molar-refractivity contribution in [2.75, 3.05) is 6.54 Å². The molecule has 22 heavy (non-hydrogen) atoms. The predicted octanol–water partition coefficient (Wildman–Crippen LogP) is 0.682. The minimum atomic E-state index is -1.18. The van der Waals surface area contributed by atoms with Crippen molar-refractivity contribution < 1.29 is 9.90 Å². The maximum atomic E-state index is 12.1. The first-order chi connectivity index (χ1) is 10.2. The molecule has 0 aliphatic rings. The highest BCUT2D eigenvalue weighted by atomic mass is 35.5. The number of hydrogen-bond acceptors (Lipinski definition) is 4. The predicted molar refractivity (Wildman–Crippen MR) is 82.4 cm³/mol. The molecule has 1 atom stereocenters. The van der Waals surface area contributed by atoms with Gasteiger partial charge in [-0.2, -0.15) is 10.2 Å². The number of aromatic nitrogens is 4. The molecule has 2 aromatic rings. The molecule has 0 spiro atoms. The number of aliphatic hydroxyl groups is 1. The van der Waals surface area contributed by atoms with Gasteiger partial charge in [-0.1, -0.05) is 11.6 Å². The molecule has 2 heterocycles. The fraction of sp³-hybridized carbons (Fsp3) is 0.500. The zero-order valence-electron chi connectivity index (χ0n) is 13.1. The van der Waals surface area contributed by atoms with E-state index in [0.29, 0.717) is 16.3 Å². The molecule has 0 fully saturated rings. The Bertz CT molecular complexity index is 689. The van der Waals surface area contributed by atoms with Crippen molar-refractivity contribution in [2.24, 2.45) is 14.1 Å². The van der Waals surface area contributed by atoms with Crippen LogP contribution in [-0.2, 0) is 30.9 Å². The maximum Gasteiger partial charge on any atom is 0.224 e. The summed E-state index contributed by atoms with van der Waals surface area (Å²) >= 11 is 6.11. The Hall–Kier alpha value is -1.86. The molecule has 0 aromatic carbocycles. The lowest BCUT2D eigenvalue weighted by atomic mass is 9.99. The van der Waals surface area contributed by atoms with Crippen LogP contribution in [0, 0.1) is 6.92 Å². The molecule has 0 aliphatic heterocycles. The third-order valence-electron chi connectivity index (χ3n) is 3.56. The number of carbonyl (C=O) groups is 1. The van der Waals surface area contributed by atoms with Gasteiger partial charge in [-0.15, -0.1) is 0 Å². The number of halogens is 1. The number of nitrogens with zero attached hydrogens (tertiary/aromatic N) is 4. The summed E-state index contributed by atoms with van der Waals surface area (Å²) in [5, 5.41) is 21.8. The third-order valence-corrected chi connectivity index (χ3v) is 4.04. The third kappa shape index (κ3) is 3.48. The molecule has 1 unspecified atom stereocenters. The second-order valence-corrected chi connectivity index (χ2v) is 5.97. The summed E-state index contributed by atoms with van der Waals surface area (Å²) < 4.78 is 3.13. The number of aryl methyl sites for hydroxylation is 3. The molecule has 2 aromatic heterocycles. The number of rotatable bonds is 5. The second-order valence-electron chi connectivity index (χ2n) is 5.61. The van der Waals surface area contributed by atoms with Gasteiger partial charge in [0, 0.05) is 31.4 Å². The SMILES string of the molecule is Cc1nn(C)c(Cl)c1CC(=O)NCC(C)(O)c1cnn(C)c1. The summed E-state index contributed by atoms with van der Waals surface area (Å²) in [7, 11) is 3.50. The normalized spacial score (nSPS) is 13.9. The molecule has 0 saturated heterocycles. The minimum Gasteiger partial charge on any atom is -0.383 e. The first-order valence-electron chi connectivity index (χ1n) is 6.87. The van der Waals surface area contributed by atoms with Crippen LogP contribution >= 0.6 is 11.6 Å². The van der Waals surface area contributed by atoms with Crippen LogP contribution in [0.25, 0.3) is 0 Å². The van der Waals surface area contributed by atoms with Crippen LogP contribution in [0.15, 0.2) is 12.4 Å². The van der Waals surface area contributed by atoms with E-state index in [-0.39, 0.29) is 18.9 Å². The van der Waals surface area contributed by atoms with E-state index in [1.807, 2.05) is 0 Å². The number of carbonyl (C=O) groups excluding carboxylic acids is 1. The summed E-state index contributed by atoms with van der Waals surface area (Å²) in [6, 6.07) is 0. The van der Waals surface area contributed by atoms with Crippen molar-refractivity contribution in [1.29, 1.82) is 0 Å². The highest BCUT2D eigenvalue weighted by Crippen LogP contribution is 2.20. The molecule has 120 valence electrons. The standard InChI is InChI=1S/C14H20ClN5O2/c1-9-11(13(15)20(4)18-9)5-12(21)16-8-14(2,22)10-6-17-19(3)7-10/h6-7,22H,5,8H2,1-4H3,(H,16,21). The van der Waals surface area contributed by atoms with Gasteiger partial charge < -0.3 is 10.4 Å². The Kier molecular flexibility index (Phi) is 4.58. The monoisotopic (exact) mass is 325 g/mol. The number of nitrogens with one attached hydrogen (secondary N) is 1. The van der Waals surface area contributed by atoms with Crippen LogP contribution in [-0.4, -0.2) is 37.1 Å². The average molecular weight is 326 g/mol. The van der Waals surface area contributed by atoms with E-state index in [1.165, 1.54) is 4.68 Å². The molecule has 7 nitrogen and oxygen atoms in total. The van der Waals surface area contributed by atoms with Gasteiger partial charge in [-0.3, -0.25) is 14.2 Å². The second kappa shape index (κ2) is 6.10. The van der Waals surface area contributed by atoms with Gasteiger partial charge in [0.15, 0.2) is 0 Å². The summed E-state index contributed by atoms with van der Waals surface area (Å²) in [4.78, 5) is 12.1. The fourth-order valence-electron chi connectivity index (χ4n) is 2.17. The van der Waals surface area contributed by atoms with Gasteiger partial charge in [0.2, 0.25) is 5.91 Å². The van der Waals surface area contributed by atoms with E-state index in [2.05, 4.69) is 15.5 Å². The summed E-state index contributed by atoms with van der Waals surface area (Å²) in [5.74, 6) is -0.220. The van der Waals surface area contributed by atoms with E-state index >= 15 is 0 Å². The lowest BCUT2D eigenvalue weighted by molar-refractivity contribution is -0.121. The highest BCUT2D eigenvalue weighted by molar-refractivity contribution is 6.30. The zero-order valence-corrected chi connectivity index (χ0v) is 13.8. The minimum absolute atomic E-state index is 0.0917. The van der Waals surface area contributed by atoms with Gasteiger partial charge in [0.05, 0.1) is 24.9 Å². The quantitative estimate of drug-likeness (QED) is 0.846. The van der Waals surface area contributed by atoms with Crippen LogP contribution in [0.4, 0.5) is 0 Å². The van der Waals surface area contributed by atoms with Crippen molar-refractivity contribution in [1.82, 2.24) is 24.9 Å². The Balaban J connectivity index is 1.98. The van der Waals surface area contributed by atoms with Crippen molar-refractivity contribution in [3.05, 3.63) is 34.4 Å². The Morgan fingerprint density at radius 3 is 2.68 bits per heavy atom. The first kappa shape index (κ1) is 16.5. The maximum absolute atomic E-state index is 12.1. The fourth-order valence-corrected chi connectivity index (χ4v) is 2.41. The average Bonchev–Trinajstić information content (AvgIpc) is 2.97. The summed E-state index contributed by atoms with van der Waals surface area (Å²) in [6.45, 7) is 3.53. The summed E-state index contributed by atoms with van der Waals surface area (Å²) in [6.07, 6.45) is 3.42. The van der Waals surface area contributed by atoms with Gasteiger partial charge in [0.1, 0.15) is 10.8 Å². The van der Waals surface area contributed by atoms with Gasteiger partial charge >= 0.3 is 0 Å². The van der Waals surface area contributed by atoms with Gasteiger partial charge in [0.25, 0.3) is 0 Å². The zero-order chi connectivity index (χ0) is 16.5. The van der Waals surface area contributed by atoms with Crippen LogP contribution in [0.1, 0.15) is 23.7 Å². The van der Waals surface area contributed by atoms with Crippen LogP contribution in [0.3, 0.4) is 0 Å². The molecule has 0 radical (unpaired) electrons. The summed E-state index contributed by atoms with van der Waals surface area (Å²) in [5.41, 5.74) is 0.882. The van der Waals surface area contributed by atoms with Crippen LogP contribution in [0.2, 0.25) is 5.15 Å². The van der Waals surface area contributed by atoms with Crippen molar-refractivity contribution in [3.63, 3.8) is 0 Å². The molecular weight excluding hydrogens is 306 g/mol. The first-order valence-corrected chi connectivity index (χ1v) is 7.24. The smallest absolute Gasteiger partial charge is 0.224 e. The number of amides is 1. The topological polar surface area (TPSA) is 85.0 Å². The van der Waals surface area contributed by atoms with E-state index in [9.17, 15) is 9.90 Å². The number of hydrogen-bond donors (Lipinski definition) is 2. The van der Waals surface area contributed by atoms with Crippen molar-refractivity contribution >= 4 is 17.5 Å². The van der Waals surface area contributed by atoms with Crippen molar-refractivity contribution in [3.8, 4) is 0 Å². The van der Waals surface area contributed by atoms with Crippen LogP contribution < -0.4 is 5.32 Å². The molecule has 0 saturated carbocycles. The molecular formula is C14H20ClN5O2. The Morgan fingerprint density at radius 2 is 2.18 bits per heavy atom. The van der Waals surface area contributed by atoms with E-state index in [4.69, 9.17) is 11.6 Å². The molecule has 0 bridgehead atoms. The molecule has 8 heteroatoms.